The predicted octanol–water partition coefficient (Wildman–Crippen LogP) is 18.1. The van der Waals surface area contributed by atoms with Crippen molar-refractivity contribution in [2.24, 2.45) is 0 Å². The molecule has 0 aliphatic carbocycles. The van der Waals surface area contributed by atoms with E-state index in [1.54, 1.807) is 0 Å². The minimum atomic E-state index is -0.785. The first-order valence-electron chi connectivity index (χ1n) is 29.4. The molecule has 0 saturated carbocycles. The molecule has 1 amide bonds. The van der Waals surface area contributed by atoms with Crippen LogP contribution in [0.2, 0.25) is 0 Å². The molecular weight excluding hydrogens is 803 g/mol. The van der Waals surface area contributed by atoms with Crippen LogP contribution in [0.3, 0.4) is 0 Å². The van der Waals surface area contributed by atoms with E-state index in [9.17, 15) is 19.8 Å². The molecule has 0 spiro atoms. The molecule has 0 heterocycles. The van der Waals surface area contributed by atoms with Crippen molar-refractivity contribution in [3.8, 4) is 0 Å². The summed E-state index contributed by atoms with van der Waals surface area (Å²) in [4.78, 5) is 26.2. The summed E-state index contributed by atoms with van der Waals surface area (Å²) in [6, 6.07) is -0.699. The molecule has 0 rings (SSSR count). The van der Waals surface area contributed by atoms with Crippen LogP contribution in [0, 0.1) is 0 Å². The monoisotopic (exact) mass is 918 g/mol. The summed E-state index contributed by atoms with van der Waals surface area (Å²) in [5.41, 5.74) is 0. The molecular formula is C59H115NO5. The SMILES string of the molecule is CCCCCCCC/C=C\CCCCCC(=O)OC(CCCCCCCCCCCCCCCCCC)CC(=O)NC(CO)C(O)CCCCCCCCCCCCCCCCCCC. The Balaban J connectivity index is 4.49. The Morgan fingerprint density at radius 2 is 0.738 bits per heavy atom. The lowest BCUT2D eigenvalue weighted by Gasteiger charge is -2.24. The van der Waals surface area contributed by atoms with Crippen LogP contribution in [0.1, 0.15) is 329 Å². The third-order valence-electron chi connectivity index (χ3n) is 13.8. The fourth-order valence-corrected chi connectivity index (χ4v) is 9.37. The van der Waals surface area contributed by atoms with Crippen LogP contribution in [0.4, 0.5) is 0 Å². The van der Waals surface area contributed by atoms with Crippen molar-refractivity contribution in [1.82, 2.24) is 5.32 Å². The molecule has 0 saturated heterocycles. The van der Waals surface area contributed by atoms with E-state index in [1.807, 2.05) is 0 Å². The molecule has 65 heavy (non-hydrogen) atoms. The molecule has 0 aliphatic heterocycles. The highest BCUT2D eigenvalue weighted by Gasteiger charge is 2.24. The highest BCUT2D eigenvalue weighted by Crippen LogP contribution is 2.19. The molecule has 3 atom stereocenters. The molecule has 0 radical (unpaired) electrons. The minimum Gasteiger partial charge on any atom is -0.462 e. The maximum Gasteiger partial charge on any atom is 0.306 e. The number of rotatable bonds is 54. The molecule has 386 valence electrons. The largest absolute Gasteiger partial charge is 0.462 e. The molecule has 6 heteroatoms. The van der Waals surface area contributed by atoms with Gasteiger partial charge < -0.3 is 20.3 Å². The summed E-state index contributed by atoms with van der Waals surface area (Å²) in [6.07, 6.45) is 61.4. The van der Waals surface area contributed by atoms with E-state index in [1.165, 1.54) is 231 Å². The second-order valence-electron chi connectivity index (χ2n) is 20.4. The molecule has 3 N–H and O–H groups in total. The number of hydrogen-bond acceptors (Lipinski definition) is 5. The van der Waals surface area contributed by atoms with Crippen molar-refractivity contribution >= 4 is 11.9 Å². The zero-order valence-electron chi connectivity index (χ0n) is 44.2. The van der Waals surface area contributed by atoms with Crippen molar-refractivity contribution in [3.05, 3.63) is 12.2 Å². The zero-order chi connectivity index (χ0) is 47.4. The molecule has 3 unspecified atom stereocenters. The number of esters is 1. The highest BCUT2D eigenvalue weighted by molar-refractivity contribution is 5.77. The Labute approximate surface area is 406 Å². The number of ether oxygens (including phenoxy) is 1. The average molecular weight is 919 g/mol. The third kappa shape index (κ3) is 48.9. The topological polar surface area (TPSA) is 95.9 Å². The van der Waals surface area contributed by atoms with Gasteiger partial charge in [0.1, 0.15) is 6.10 Å². The summed E-state index contributed by atoms with van der Waals surface area (Å²) < 4.78 is 5.96. The van der Waals surface area contributed by atoms with Gasteiger partial charge >= 0.3 is 5.97 Å². The summed E-state index contributed by atoms with van der Waals surface area (Å²) in [6.45, 7) is 6.52. The Kier molecular flexibility index (Phi) is 52.4. The number of carbonyl (C=O) groups excluding carboxylic acids is 2. The van der Waals surface area contributed by atoms with Crippen molar-refractivity contribution in [3.63, 3.8) is 0 Å². The van der Waals surface area contributed by atoms with E-state index in [0.717, 1.165) is 51.4 Å². The van der Waals surface area contributed by atoms with Gasteiger partial charge in [0, 0.05) is 6.42 Å². The van der Waals surface area contributed by atoms with Crippen molar-refractivity contribution in [2.75, 3.05) is 6.61 Å². The summed E-state index contributed by atoms with van der Waals surface area (Å²) in [7, 11) is 0. The number of amides is 1. The van der Waals surface area contributed by atoms with Crippen molar-refractivity contribution in [1.29, 1.82) is 0 Å². The third-order valence-corrected chi connectivity index (χ3v) is 13.8. The Bertz CT molecular complexity index is 986. The van der Waals surface area contributed by atoms with Gasteiger partial charge in [-0.2, -0.15) is 0 Å². The van der Waals surface area contributed by atoms with Crippen LogP contribution >= 0.6 is 0 Å². The van der Waals surface area contributed by atoms with E-state index < -0.39 is 18.2 Å². The number of aliphatic hydroxyl groups excluding tert-OH is 2. The molecule has 6 nitrogen and oxygen atoms in total. The highest BCUT2D eigenvalue weighted by atomic mass is 16.5. The van der Waals surface area contributed by atoms with Gasteiger partial charge in [-0.05, 0) is 51.4 Å². The Morgan fingerprint density at radius 1 is 0.431 bits per heavy atom. The van der Waals surface area contributed by atoms with E-state index in [4.69, 9.17) is 4.74 Å². The lowest BCUT2D eigenvalue weighted by atomic mass is 10.0. The van der Waals surface area contributed by atoms with Gasteiger partial charge in [0.2, 0.25) is 5.91 Å². The van der Waals surface area contributed by atoms with Crippen LogP contribution in [0.25, 0.3) is 0 Å². The maximum absolute atomic E-state index is 13.3. The van der Waals surface area contributed by atoms with Crippen molar-refractivity contribution < 1.29 is 24.5 Å². The van der Waals surface area contributed by atoms with Crippen LogP contribution in [0.15, 0.2) is 12.2 Å². The molecule has 0 aliphatic rings. The fourth-order valence-electron chi connectivity index (χ4n) is 9.37. The number of hydrogen-bond donors (Lipinski definition) is 3. The van der Waals surface area contributed by atoms with Gasteiger partial charge in [-0.3, -0.25) is 9.59 Å². The first-order chi connectivity index (χ1) is 32.0. The average Bonchev–Trinajstić information content (AvgIpc) is 3.30. The van der Waals surface area contributed by atoms with Gasteiger partial charge in [0.15, 0.2) is 0 Å². The van der Waals surface area contributed by atoms with E-state index in [2.05, 4.69) is 38.2 Å². The molecule has 0 fully saturated rings. The number of nitrogens with one attached hydrogen (secondary N) is 1. The first kappa shape index (κ1) is 63.6. The summed E-state index contributed by atoms with van der Waals surface area (Å²) >= 11 is 0. The lowest BCUT2D eigenvalue weighted by Crippen LogP contribution is -2.46. The van der Waals surface area contributed by atoms with Gasteiger partial charge in [-0.25, -0.2) is 0 Å². The number of carbonyl (C=O) groups is 2. The van der Waals surface area contributed by atoms with Gasteiger partial charge in [-0.15, -0.1) is 0 Å². The molecule has 0 aromatic rings. The second kappa shape index (κ2) is 53.6. The van der Waals surface area contributed by atoms with E-state index in [0.29, 0.717) is 19.3 Å². The van der Waals surface area contributed by atoms with Crippen LogP contribution in [-0.2, 0) is 14.3 Å². The number of unbranched alkanes of at least 4 members (excludes halogenated alkanes) is 40. The Hall–Kier alpha value is -1.40. The van der Waals surface area contributed by atoms with Crippen LogP contribution < -0.4 is 5.32 Å². The molecule has 0 aromatic carbocycles. The van der Waals surface area contributed by atoms with E-state index in [-0.39, 0.29) is 24.9 Å². The zero-order valence-corrected chi connectivity index (χ0v) is 44.2. The smallest absolute Gasteiger partial charge is 0.306 e. The van der Waals surface area contributed by atoms with Crippen molar-refractivity contribution in [2.45, 2.75) is 347 Å². The quantitative estimate of drug-likeness (QED) is 0.0321. The summed E-state index contributed by atoms with van der Waals surface area (Å²) in [5, 5.41) is 23.9. The number of aliphatic hydroxyl groups is 2. The van der Waals surface area contributed by atoms with Gasteiger partial charge in [0.25, 0.3) is 0 Å². The normalized spacial score (nSPS) is 13.1. The number of allylic oxidation sites excluding steroid dienone is 2. The van der Waals surface area contributed by atoms with Gasteiger partial charge in [-0.1, -0.05) is 277 Å². The first-order valence-corrected chi connectivity index (χ1v) is 29.4. The maximum atomic E-state index is 13.3. The van der Waals surface area contributed by atoms with Gasteiger partial charge in [0.05, 0.1) is 25.2 Å². The van der Waals surface area contributed by atoms with E-state index >= 15 is 0 Å². The predicted molar refractivity (Wildman–Crippen MR) is 283 cm³/mol. The lowest BCUT2D eigenvalue weighted by molar-refractivity contribution is -0.151. The van der Waals surface area contributed by atoms with Crippen LogP contribution in [-0.4, -0.2) is 46.9 Å². The fraction of sp³-hybridized carbons (Fsp3) is 0.932. The van der Waals surface area contributed by atoms with Crippen LogP contribution in [0.5, 0.6) is 0 Å². The summed E-state index contributed by atoms with van der Waals surface area (Å²) in [5.74, 6) is -0.469. The minimum absolute atomic E-state index is 0.0796. The Morgan fingerprint density at radius 3 is 1.09 bits per heavy atom. The molecule has 0 aromatic heterocycles. The molecule has 0 bridgehead atoms. The standard InChI is InChI=1S/C59H115NO5/c1-4-7-10-13-16-19-22-25-27-29-31-34-36-39-42-45-48-51-57(62)56(54-61)60-58(63)53-55(50-47-44-41-38-35-33-30-28-26-23-20-17-14-11-8-5-2)65-59(64)52-49-46-43-40-37-32-24-21-18-15-12-9-6-3/h32,37,55-57,61-62H,4-31,33-36,38-54H2,1-3H3,(H,60,63)/b37-32-. The second-order valence-corrected chi connectivity index (χ2v) is 20.4.